The van der Waals surface area contributed by atoms with Crippen molar-refractivity contribution in [1.82, 2.24) is 5.32 Å². The lowest BCUT2D eigenvalue weighted by molar-refractivity contribution is -0.106. The number of amidine groups is 1. The first kappa shape index (κ1) is 12.3. The lowest BCUT2D eigenvalue weighted by atomic mass is 10.1. The summed E-state index contributed by atoms with van der Waals surface area (Å²) >= 11 is 0. The van der Waals surface area contributed by atoms with E-state index in [9.17, 15) is 0 Å². The number of aliphatic imine (C=N–C) groups is 1. The van der Waals surface area contributed by atoms with Crippen LogP contribution in [0.3, 0.4) is 0 Å². The minimum Gasteiger partial charge on any atom is -0.451 e. The molecule has 0 aliphatic carbocycles. The minimum atomic E-state index is -0.826. The highest BCUT2D eigenvalue weighted by atomic mass is 16.7. The highest BCUT2D eigenvalue weighted by Crippen LogP contribution is 2.37. The number of fused-ring (bicyclic) bond motifs is 1. The number of ether oxygens (including phenoxy) is 2. The Hall–Kier alpha value is -1.75. The zero-order valence-electron chi connectivity index (χ0n) is 11.6. The van der Waals surface area contributed by atoms with Crippen molar-refractivity contribution in [1.29, 1.82) is 0 Å². The van der Waals surface area contributed by atoms with Crippen LogP contribution in [-0.2, 0) is 4.74 Å². The van der Waals surface area contributed by atoms with Crippen molar-refractivity contribution in [3.8, 4) is 5.75 Å². The summed E-state index contributed by atoms with van der Waals surface area (Å²) in [6.45, 7) is 4.31. The fraction of sp³-hybridized carbons (Fsp3) is 0.500. The number of nitrogens with zero attached hydrogens (tertiary/aromatic N) is 2. The van der Waals surface area contributed by atoms with Crippen molar-refractivity contribution < 1.29 is 9.47 Å². The van der Waals surface area contributed by atoms with Gasteiger partial charge in [0.15, 0.2) is 5.84 Å². The lowest BCUT2D eigenvalue weighted by Crippen LogP contribution is -2.59. The predicted octanol–water partition coefficient (Wildman–Crippen LogP) is 1.17. The van der Waals surface area contributed by atoms with Crippen LogP contribution in [0.15, 0.2) is 23.2 Å². The molecule has 5 nitrogen and oxygen atoms in total. The van der Waals surface area contributed by atoms with Gasteiger partial charge in [-0.05, 0) is 24.6 Å². The number of likely N-dealkylation sites (N-methyl/N-ethyl adjacent to an activating group) is 1. The van der Waals surface area contributed by atoms with E-state index >= 15 is 0 Å². The lowest BCUT2D eigenvalue weighted by Gasteiger charge is -2.41. The van der Waals surface area contributed by atoms with E-state index in [4.69, 9.17) is 9.47 Å². The first-order valence-electron chi connectivity index (χ1n) is 6.49. The number of aryl methyl sites for hydroxylation is 1. The third-order valence-electron chi connectivity index (χ3n) is 3.61. The van der Waals surface area contributed by atoms with Crippen LogP contribution in [0, 0.1) is 6.92 Å². The molecule has 0 saturated carbocycles. The molecule has 0 aromatic heterocycles. The standard InChI is InChI=1S/C14H19N3O2/c1-10-4-5-12-11(8-10)17(2)9-14(18-3,19-12)13-15-6-7-16-13/h4-5,8H,6-7,9H2,1-3H3,(H,15,16). The van der Waals surface area contributed by atoms with Gasteiger partial charge in [0.05, 0.1) is 18.8 Å². The number of benzene rings is 1. The predicted molar refractivity (Wildman–Crippen MR) is 75.1 cm³/mol. The van der Waals surface area contributed by atoms with Crippen LogP contribution in [0.5, 0.6) is 5.75 Å². The molecule has 1 aromatic rings. The van der Waals surface area contributed by atoms with Gasteiger partial charge in [-0.2, -0.15) is 0 Å². The molecule has 1 atom stereocenters. The van der Waals surface area contributed by atoms with Crippen LogP contribution in [0.25, 0.3) is 0 Å². The van der Waals surface area contributed by atoms with Crippen LogP contribution in [0.4, 0.5) is 5.69 Å². The molecular weight excluding hydrogens is 242 g/mol. The van der Waals surface area contributed by atoms with Crippen molar-refractivity contribution in [2.45, 2.75) is 12.7 Å². The quantitative estimate of drug-likeness (QED) is 0.868. The first-order valence-corrected chi connectivity index (χ1v) is 6.49. The van der Waals surface area contributed by atoms with Gasteiger partial charge in [0.25, 0.3) is 5.79 Å². The summed E-state index contributed by atoms with van der Waals surface area (Å²) in [7, 11) is 3.71. The molecule has 0 bridgehead atoms. The van der Waals surface area contributed by atoms with Crippen molar-refractivity contribution in [2.24, 2.45) is 4.99 Å². The molecule has 0 radical (unpaired) electrons. The number of hydrogen-bond donors (Lipinski definition) is 1. The molecule has 2 aliphatic heterocycles. The molecule has 0 saturated heterocycles. The number of hydrogen-bond acceptors (Lipinski definition) is 5. The summed E-state index contributed by atoms with van der Waals surface area (Å²) in [6.07, 6.45) is 0. The zero-order valence-corrected chi connectivity index (χ0v) is 11.6. The monoisotopic (exact) mass is 261 g/mol. The second kappa shape index (κ2) is 4.42. The molecule has 1 N–H and O–H groups in total. The van der Waals surface area contributed by atoms with Gasteiger partial charge in [0.2, 0.25) is 0 Å². The number of methoxy groups -OCH3 is 1. The molecule has 2 heterocycles. The molecule has 3 rings (SSSR count). The Morgan fingerprint density at radius 1 is 1.47 bits per heavy atom. The van der Waals surface area contributed by atoms with Crippen LogP contribution >= 0.6 is 0 Å². The highest BCUT2D eigenvalue weighted by Gasteiger charge is 2.45. The van der Waals surface area contributed by atoms with E-state index in [1.54, 1.807) is 7.11 Å². The van der Waals surface area contributed by atoms with E-state index in [0.717, 1.165) is 30.4 Å². The van der Waals surface area contributed by atoms with E-state index in [2.05, 4.69) is 28.2 Å². The molecule has 19 heavy (non-hydrogen) atoms. The zero-order chi connectivity index (χ0) is 13.5. The van der Waals surface area contributed by atoms with Gasteiger partial charge in [0.1, 0.15) is 5.75 Å². The number of anilines is 1. The fourth-order valence-corrected chi connectivity index (χ4v) is 2.60. The Balaban J connectivity index is 2.01. The summed E-state index contributed by atoms with van der Waals surface area (Å²) in [5.74, 6) is 0.790. The van der Waals surface area contributed by atoms with Gasteiger partial charge < -0.3 is 19.7 Å². The first-order chi connectivity index (χ1) is 9.14. The molecule has 2 aliphatic rings. The third-order valence-corrected chi connectivity index (χ3v) is 3.61. The van der Waals surface area contributed by atoms with Gasteiger partial charge in [-0.25, -0.2) is 0 Å². The van der Waals surface area contributed by atoms with E-state index < -0.39 is 5.79 Å². The molecule has 102 valence electrons. The second-order valence-corrected chi connectivity index (χ2v) is 5.04. The van der Waals surface area contributed by atoms with Crippen molar-refractivity contribution in [3.63, 3.8) is 0 Å². The summed E-state index contributed by atoms with van der Waals surface area (Å²) in [6, 6.07) is 6.16. The molecule has 0 amide bonds. The Kier molecular flexibility index (Phi) is 2.86. The van der Waals surface area contributed by atoms with Crippen molar-refractivity contribution in [2.75, 3.05) is 38.7 Å². The smallest absolute Gasteiger partial charge is 0.286 e. The van der Waals surface area contributed by atoms with Crippen molar-refractivity contribution in [3.05, 3.63) is 23.8 Å². The molecular formula is C14H19N3O2. The van der Waals surface area contributed by atoms with Crippen LogP contribution < -0.4 is 15.0 Å². The normalized spacial score (nSPS) is 25.4. The van der Waals surface area contributed by atoms with Crippen LogP contribution in [0.1, 0.15) is 5.56 Å². The van der Waals surface area contributed by atoms with E-state index in [1.807, 2.05) is 19.2 Å². The van der Waals surface area contributed by atoms with Gasteiger partial charge in [-0.15, -0.1) is 0 Å². The Morgan fingerprint density at radius 3 is 3.00 bits per heavy atom. The Bertz CT molecular complexity index is 529. The minimum absolute atomic E-state index is 0.617. The average molecular weight is 261 g/mol. The largest absolute Gasteiger partial charge is 0.451 e. The molecule has 1 unspecified atom stereocenters. The molecule has 0 fully saturated rings. The number of rotatable bonds is 2. The molecule has 0 spiro atoms. The van der Waals surface area contributed by atoms with E-state index in [1.165, 1.54) is 5.56 Å². The molecule has 1 aromatic carbocycles. The summed E-state index contributed by atoms with van der Waals surface area (Å²) in [5.41, 5.74) is 2.31. The van der Waals surface area contributed by atoms with Gasteiger partial charge >= 0.3 is 0 Å². The topological polar surface area (TPSA) is 46.1 Å². The van der Waals surface area contributed by atoms with Gasteiger partial charge in [-0.1, -0.05) is 6.07 Å². The maximum absolute atomic E-state index is 6.12. The van der Waals surface area contributed by atoms with E-state index in [0.29, 0.717) is 6.54 Å². The number of nitrogens with one attached hydrogen (secondary N) is 1. The SMILES string of the molecule is COC1(C2=NCCN2)CN(C)c2cc(C)ccc2O1. The van der Waals surface area contributed by atoms with E-state index in [-0.39, 0.29) is 0 Å². The van der Waals surface area contributed by atoms with Crippen LogP contribution in [-0.4, -0.2) is 45.4 Å². The second-order valence-electron chi connectivity index (χ2n) is 5.04. The van der Waals surface area contributed by atoms with Crippen molar-refractivity contribution >= 4 is 11.5 Å². The third kappa shape index (κ3) is 1.94. The highest BCUT2D eigenvalue weighted by molar-refractivity contribution is 5.92. The maximum Gasteiger partial charge on any atom is 0.286 e. The summed E-state index contributed by atoms with van der Waals surface area (Å²) in [4.78, 5) is 6.61. The summed E-state index contributed by atoms with van der Waals surface area (Å²) in [5, 5.41) is 3.25. The molecule has 5 heteroatoms. The summed E-state index contributed by atoms with van der Waals surface area (Å²) < 4.78 is 11.8. The Morgan fingerprint density at radius 2 is 2.32 bits per heavy atom. The Labute approximate surface area is 113 Å². The van der Waals surface area contributed by atoms with Gasteiger partial charge in [0, 0.05) is 20.7 Å². The van der Waals surface area contributed by atoms with Gasteiger partial charge in [-0.3, -0.25) is 4.99 Å². The average Bonchev–Trinajstić information content (AvgIpc) is 2.94. The van der Waals surface area contributed by atoms with Crippen LogP contribution in [0.2, 0.25) is 0 Å². The fourth-order valence-electron chi connectivity index (χ4n) is 2.60. The maximum atomic E-state index is 6.12.